The number of amides is 1. The standard InChI is InChI=1S/C10H15N3O/c11-8-7-10(14)13-12-9-5-3-1-2-4-6-9/h1-7H2,(H,13,14). The zero-order valence-corrected chi connectivity index (χ0v) is 8.25. The van der Waals surface area contributed by atoms with Crippen molar-refractivity contribution in [2.45, 2.75) is 44.9 Å². The van der Waals surface area contributed by atoms with Crippen molar-refractivity contribution in [3.05, 3.63) is 0 Å². The van der Waals surface area contributed by atoms with Gasteiger partial charge in [0.25, 0.3) is 5.91 Å². The van der Waals surface area contributed by atoms with Gasteiger partial charge in [-0.3, -0.25) is 4.79 Å². The van der Waals surface area contributed by atoms with Gasteiger partial charge in [0.1, 0.15) is 6.42 Å². The van der Waals surface area contributed by atoms with Gasteiger partial charge in [0, 0.05) is 5.71 Å². The first-order chi connectivity index (χ1) is 6.83. The van der Waals surface area contributed by atoms with Gasteiger partial charge in [-0.05, 0) is 25.7 Å². The molecule has 4 heteroatoms. The average Bonchev–Trinajstić information content (AvgIpc) is 2.43. The molecule has 0 aromatic rings. The Kier molecular flexibility index (Phi) is 4.70. The maximum atomic E-state index is 10.9. The van der Waals surface area contributed by atoms with E-state index in [0.717, 1.165) is 31.4 Å². The van der Waals surface area contributed by atoms with E-state index in [1.165, 1.54) is 12.8 Å². The molecule has 0 saturated heterocycles. The van der Waals surface area contributed by atoms with Gasteiger partial charge < -0.3 is 0 Å². The molecule has 4 nitrogen and oxygen atoms in total. The molecule has 1 rings (SSSR count). The summed E-state index contributed by atoms with van der Waals surface area (Å²) >= 11 is 0. The lowest BCUT2D eigenvalue weighted by Gasteiger charge is -2.01. The molecule has 1 saturated carbocycles. The third-order valence-electron chi connectivity index (χ3n) is 2.26. The predicted molar refractivity (Wildman–Crippen MR) is 53.5 cm³/mol. The molecule has 76 valence electrons. The first-order valence-corrected chi connectivity index (χ1v) is 5.04. The molecule has 0 aromatic carbocycles. The van der Waals surface area contributed by atoms with Crippen molar-refractivity contribution in [1.29, 1.82) is 5.26 Å². The van der Waals surface area contributed by atoms with Crippen molar-refractivity contribution in [2.75, 3.05) is 0 Å². The van der Waals surface area contributed by atoms with Gasteiger partial charge in [-0.2, -0.15) is 10.4 Å². The highest BCUT2D eigenvalue weighted by atomic mass is 16.2. The number of carbonyl (C=O) groups excluding carboxylic acids is 1. The summed E-state index contributed by atoms with van der Waals surface area (Å²) < 4.78 is 0. The monoisotopic (exact) mass is 193 g/mol. The van der Waals surface area contributed by atoms with Crippen LogP contribution in [-0.4, -0.2) is 11.6 Å². The van der Waals surface area contributed by atoms with Crippen LogP contribution >= 0.6 is 0 Å². The van der Waals surface area contributed by atoms with E-state index >= 15 is 0 Å². The van der Waals surface area contributed by atoms with E-state index < -0.39 is 0 Å². The summed E-state index contributed by atoms with van der Waals surface area (Å²) in [7, 11) is 0. The van der Waals surface area contributed by atoms with Gasteiger partial charge in [0.15, 0.2) is 0 Å². The van der Waals surface area contributed by atoms with Crippen LogP contribution in [0.25, 0.3) is 0 Å². The lowest BCUT2D eigenvalue weighted by atomic mass is 10.2. The van der Waals surface area contributed by atoms with Crippen molar-refractivity contribution < 1.29 is 4.79 Å². The van der Waals surface area contributed by atoms with Gasteiger partial charge in [-0.25, -0.2) is 5.43 Å². The topological polar surface area (TPSA) is 65.2 Å². The van der Waals surface area contributed by atoms with Gasteiger partial charge in [0.05, 0.1) is 6.07 Å². The van der Waals surface area contributed by atoms with Crippen LogP contribution in [0.15, 0.2) is 5.10 Å². The predicted octanol–water partition coefficient (Wildman–Crippen LogP) is 1.73. The Balaban J connectivity index is 2.35. The molecule has 0 spiro atoms. The van der Waals surface area contributed by atoms with Crippen LogP contribution < -0.4 is 5.43 Å². The van der Waals surface area contributed by atoms with E-state index in [-0.39, 0.29) is 12.3 Å². The summed E-state index contributed by atoms with van der Waals surface area (Å²) in [5.41, 5.74) is 3.47. The van der Waals surface area contributed by atoms with Crippen molar-refractivity contribution in [2.24, 2.45) is 5.10 Å². The fourth-order valence-electron chi connectivity index (χ4n) is 1.50. The highest BCUT2D eigenvalue weighted by molar-refractivity contribution is 5.86. The zero-order chi connectivity index (χ0) is 10.2. The van der Waals surface area contributed by atoms with Crippen molar-refractivity contribution in [1.82, 2.24) is 5.43 Å². The summed E-state index contributed by atoms with van der Waals surface area (Å²) in [6.07, 6.45) is 6.67. The molecule has 1 amide bonds. The first kappa shape index (κ1) is 10.7. The largest absolute Gasteiger partial charge is 0.272 e. The minimum Gasteiger partial charge on any atom is -0.272 e. The summed E-state index contributed by atoms with van der Waals surface area (Å²) in [6, 6.07) is 1.79. The molecule has 1 fully saturated rings. The molecular weight excluding hydrogens is 178 g/mol. The van der Waals surface area contributed by atoms with E-state index in [1.807, 2.05) is 0 Å². The summed E-state index contributed by atoms with van der Waals surface area (Å²) in [5, 5.41) is 12.3. The third kappa shape index (κ3) is 4.04. The second kappa shape index (κ2) is 6.14. The summed E-state index contributed by atoms with van der Waals surface area (Å²) in [6.45, 7) is 0. The quantitative estimate of drug-likeness (QED) is 0.536. The second-order valence-corrected chi connectivity index (χ2v) is 3.46. The normalized spacial score (nSPS) is 16.6. The van der Waals surface area contributed by atoms with Gasteiger partial charge in [-0.15, -0.1) is 0 Å². The van der Waals surface area contributed by atoms with Gasteiger partial charge >= 0.3 is 0 Å². The summed E-state index contributed by atoms with van der Waals surface area (Å²) in [5.74, 6) is -0.316. The Bertz CT molecular complexity index is 255. The molecule has 0 atom stereocenters. The fourth-order valence-corrected chi connectivity index (χ4v) is 1.50. The molecule has 14 heavy (non-hydrogen) atoms. The molecule has 0 heterocycles. The van der Waals surface area contributed by atoms with Crippen LogP contribution in [0.2, 0.25) is 0 Å². The van der Waals surface area contributed by atoms with E-state index in [1.54, 1.807) is 6.07 Å². The number of nitrogens with zero attached hydrogens (tertiary/aromatic N) is 2. The number of hydrogen-bond acceptors (Lipinski definition) is 3. The highest BCUT2D eigenvalue weighted by Gasteiger charge is 2.06. The van der Waals surface area contributed by atoms with Crippen molar-refractivity contribution in [3.63, 3.8) is 0 Å². The van der Waals surface area contributed by atoms with Gasteiger partial charge in [0.2, 0.25) is 0 Å². The molecule has 0 aromatic heterocycles. The molecule has 1 aliphatic rings. The zero-order valence-electron chi connectivity index (χ0n) is 8.25. The molecule has 0 aliphatic heterocycles. The van der Waals surface area contributed by atoms with Crippen LogP contribution in [0.1, 0.15) is 44.9 Å². The van der Waals surface area contributed by atoms with Gasteiger partial charge in [-0.1, -0.05) is 12.8 Å². The fraction of sp³-hybridized carbons (Fsp3) is 0.700. The van der Waals surface area contributed by atoms with E-state index in [2.05, 4.69) is 10.5 Å². The van der Waals surface area contributed by atoms with E-state index in [4.69, 9.17) is 5.26 Å². The minimum atomic E-state index is -0.316. The highest BCUT2D eigenvalue weighted by Crippen LogP contribution is 2.14. The number of hydrogen-bond donors (Lipinski definition) is 1. The Labute approximate surface area is 84.0 Å². The minimum absolute atomic E-state index is 0.114. The maximum absolute atomic E-state index is 10.9. The maximum Gasteiger partial charge on any atom is 0.254 e. The van der Waals surface area contributed by atoms with E-state index in [0.29, 0.717) is 0 Å². The summed E-state index contributed by atoms with van der Waals surface area (Å²) in [4.78, 5) is 10.9. The Morgan fingerprint density at radius 3 is 2.57 bits per heavy atom. The Morgan fingerprint density at radius 1 is 1.36 bits per heavy atom. The molecule has 1 aliphatic carbocycles. The van der Waals surface area contributed by atoms with Crippen LogP contribution in [-0.2, 0) is 4.79 Å². The van der Waals surface area contributed by atoms with Crippen LogP contribution in [0.3, 0.4) is 0 Å². The molecular formula is C10H15N3O. The first-order valence-electron chi connectivity index (χ1n) is 5.04. The third-order valence-corrected chi connectivity index (χ3v) is 2.26. The Morgan fingerprint density at radius 2 is 2.00 bits per heavy atom. The SMILES string of the molecule is N#CCC(=O)NN=C1CCCCCC1. The molecule has 1 N–H and O–H groups in total. The lowest BCUT2D eigenvalue weighted by Crippen LogP contribution is -2.18. The second-order valence-electron chi connectivity index (χ2n) is 3.46. The number of hydrazone groups is 1. The van der Waals surface area contributed by atoms with Crippen LogP contribution in [0.4, 0.5) is 0 Å². The molecule has 0 unspecified atom stereocenters. The number of rotatable bonds is 2. The Hall–Kier alpha value is -1.37. The average molecular weight is 193 g/mol. The van der Waals surface area contributed by atoms with Crippen molar-refractivity contribution >= 4 is 11.6 Å². The number of carbonyl (C=O) groups is 1. The van der Waals surface area contributed by atoms with Crippen LogP contribution in [0, 0.1) is 11.3 Å². The number of nitrogens with one attached hydrogen (secondary N) is 1. The molecule has 0 bridgehead atoms. The van der Waals surface area contributed by atoms with Crippen molar-refractivity contribution in [3.8, 4) is 6.07 Å². The molecule has 0 radical (unpaired) electrons. The smallest absolute Gasteiger partial charge is 0.254 e. The van der Waals surface area contributed by atoms with E-state index in [9.17, 15) is 4.79 Å². The number of nitriles is 1. The van der Waals surface area contributed by atoms with Crippen LogP contribution in [0.5, 0.6) is 0 Å². The lowest BCUT2D eigenvalue weighted by molar-refractivity contribution is -0.120.